The Morgan fingerprint density at radius 3 is 1.67 bits per heavy atom. The molecule has 0 aromatic carbocycles. The molecule has 1 saturated heterocycles. The number of halogens is 2. The van der Waals surface area contributed by atoms with E-state index in [0.29, 0.717) is 4.34 Å². The van der Waals surface area contributed by atoms with Gasteiger partial charge in [-0.2, -0.15) is 8.61 Å². The molecular formula is C12H12BrClN2O4S4. The molecule has 132 valence electrons. The van der Waals surface area contributed by atoms with Crippen LogP contribution in [0.4, 0.5) is 0 Å². The highest BCUT2D eigenvalue weighted by Crippen LogP contribution is 2.31. The molecule has 0 unspecified atom stereocenters. The minimum atomic E-state index is -3.63. The predicted molar refractivity (Wildman–Crippen MR) is 98.9 cm³/mol. The lowest BCUT2D eigenvalue weighted by atomic mass is 10.4. The van der Waals surface area contributed by atoms with Crippen LogP contribution in [-0.2, 0) is 20.0 Å². The van der Waals surface area contributed by atoms with Gasteiger partial charge in [0.25, 0.3) is 20.0 Å². The van der Waals surface area contributed by atoms with Gasteiger partial charge in [0.15, 0.2) is 0 Å². The molecule has 12 heteroatoms. The number of hydrogen-bond acceptors (Lipinski definition) is 6. The van der Waals surface area contributed by atoms with Crippen LogP contribution in [0.2, 0.25) is 4.34 Å². The molecule has 6 nitrogen and oxygen atoms in total. The van der Waals surface area contributed by atoms with Gasteiger partial charge in [-0.25, -0.2) is 16.8 Å². The number of sulfonamides is 2. The fourth-order valence-corrected chi connectivity index (χ4v) is 8.92. The summed E-state index contributed by atoms with van der Waals surface area (Å²) in [5.74, 6) is 0. The zero-order chi connectivity index (χ0) is 17.5. The summed E-state index contributed by atoms with van der Waals surface area (Å²) in [6.07, 6.45) is 0. The van der Waals surface area contributed by atoms with E-state index in [1.54, 1.807) is 12.1 Å². The van der Waals surface area contributed by atoms with Crippen LogP contribution < -0.4 is 0 Å². The highest BCUT2D eigenvalue weighted by molar-refractivity contribution is 9.11. The average molecular weight is 492 g/mol. The van der Waals surface area contributed by atoms with Crippen LogP contribution in [0.25, 0.3) is 0 Å². The van der Waals surface area contributed by atoms with Crippen molar-refractivity contribution < 1.29 is 16.8 Å². The summed E-state index contributed by atoms with van der Waals surface area (Å²) < 4.78 is 54.4. The summed E-state index contributed by atoms with van der Waals surface area (Å²) in [6.45, 7) is 0.472. The molecule has 2 aromatic rings. The largest absolute Gasteiger partial charge is 0.252 e. The van der Waals surface area contributed by atoms with E-state index in [1.165, 1.54) is 20.7 Å². The molecule has 0 saturated carbocycles. The minimum Gasteiger partial charge on any atom is -0.206 e. The highest BCUT2D eigenvalue weighted by Gasteiger charge is 2.34. The average Bonchev–Trinajstić information content (AvgIpc) is 3.16. The first kappa shape index (κ1) is 18.8. The zero-order valence-electron chi connectivity index (χ0n) is 12.1. The highest BCUT2D eigenvalue weighted by atomic mass is 79.9. The summed E-state index contributed by atoms with van der Waals surface area (Å²) >= 11 is 11.2. The molecule has 2 aromatic heterocycles. The van der Waals surface area contributed by atoms with Crippen LogP contribution in [0.3, 0.4) is 0 Å². The molecule has 3 rings (SSSR count). The Hall–Kier alpha value is -0.0100. The van der Waals surface area contributed by atoms with Crippen molar-refractivity contribution in [1.82, 2.24) is 8.61 Å². The van der Waals surface area contributed by atoms with E-state index < -0.39 is 20.0 Å². The first-order chi connectivity index (χ1) is 11.2. The molecule has 1 aliphatic heterocycles. The normalized spacial score (nSPS) is 18.1. The van der Waals surface area contributed by atoms with Crippen LogP contribution >= 0.6 is 50.2 Å². The zero-order valence-corrected chi connectivity index (χ0v) is 17.7. The third-order valence-corrected chi connectivity index (χ3v) is 11.1. The molecule has 3 heterocycles. The quantitative estimate of drug-likeness (QED) is 0.659. The Morgan fingerprint density at radius 1 is 0.833 bits per heavy atom. The number of piperazine rings is 1. The maximum absolute atomic E-state index is 12.6. The van der Waals surface area contributed by atoms with Crippen molar-refractivity contribution in [2.24, 2.45) is 0 Å². The van der Waals surface area contributed by atoms with E-state index >= 15 is 0 Å². The lowest BCUT2D eigenvalue weighted by molar-refractivity contribution is 0.273. The second-order valence-corrected chi connectivity index (χ2v) is 13.4. The molecule has 0 amide bonds. The minimum absolute atomic E-state index is 0.115. The van der Waals surface area contributed by atoms with E-state index in [2.05, 4.69) is 15.9 Å². The van der Waals surface area contributed by atoms with Gasteiger partial charge in [-0.05, 0) is 40.2 Å². The van der Waals surface area contributed by atoms with Crippen molar-refractivity contribution in [1.29, 1.82) is 0 Å². The van der Waals surface area contributed by atoms with Crippen molar-refractivity contribution in [3.63, 3.8) is 0 Å². The lowest BCUT2D eigenvalue weighted by Gasteiger charge is -2.32. The fraction of sp³-hybridized carbons (Fsp3) is 0.333. The van der Waals surface area contributed by atoms with Gasteiger partial charge in [-0.3, -0.25) is 0 Å². The van der Waals surface area contributed by atoms with E-state index in [-0.39, 0.29) is 34.6 Å². The van der Waals surface area contributed by atoms with Crippen molar-refractivity contribution in [3.05, 3.63) is 32.4 Å². The van der Waals surface area contributed by atoms with Crippen molar-refractivity contribution >= 4 is 70.3 Å². The van der Waals surface area contributed by atoms with Crippen LogP contribution in [0.1, 0.15) is 0 Å². The Balaban J connectivity index is 1.74. The van der Waals surface area contributed by atoms with E-state index in [9.17, 15) is 16.8 Å². The van der Waals surface area contributed by atoms with Gasteiger partial charge in [0, 0.05) is 26.2 Å². The van der Waals surface area contributed by atoms with Crippen LogP contribution in [-0.4, -0.2) is 51.6 Å². The van der Waals surface area contributed by atoms with Gasteiger partial charge >= 0.3 is 0 Å². The molecule has 0 aliphatic carbocycles. The molecule has 0 spiro atoms. The van der Waals surface area contributed by atoms with Gasteiger partial charge in [-0.1, -0.05) is 11.6 Å². The first-order valence-electron chi connectivity index (χ1n) is 6.72. The van der Waals surface area contributed by atoms with Crippen molar-refractivity contribution in [3.8, 4) is 0 Å². The van der Waals surface area contributed by atoms with Crippen molar-refractivity contribution in [2.45, 2.75) is 8.42 Å². The number of thiophene rings is 2. The molecule has 0 bridgehead atoms. The summed E-state index contributed by atoms with van der Waals surface area (Å²) in [5, 5.41) is 0. The van der Waals surface area contributed by atoms with Gasteiger partial charge in [0.05, 0.1) is 8.12 Å². The molecule has 1 fully saturated rings. The third kappa shape index (κ3) is 3.58. The Kier molecular flexibility index (Phi) is 5.44. The molecule has 1 aliphatic rings. The number of nitrogens with zero attached hydrogens (tertiary/aromatic N) is 2. The fourth-order valence-electron chi connectivity index (χ4n) is 2.28. The summed E-state index contributed by atoms with van der Waals surface area (Å²) in [4.78, 5) is 0. The second kappa shape index (κ2) is 6.95. The smallest absolute Gasteiger partial charge is 0.206 e. The van der Waals surface area contributed by atoms with Gasteiger partial charge < -0.3 is 0 Å². The number of hydrogen-bond donors (Lipinski definition) is 0. The Labute approximate surface area is 161 Å². The Morgan fingerprint density at radius 2 is 1.29 bits per heavy atom. The molecular weight excluding hydrogens is 480 g/mol. The van der Waals surface area contributed by atoms with Gasteiger partial charge in [0.1, 0.15) is 8.42 Å². The predicted octanol–water partition coefficient (Wildman–Crippen LogP) is 2.92. The molecule has 24 heavy (non-hydrogen) atoms. The molecule has 0 radical (unpaired) electrons. The van der Waals surface area contributed by atoms with Gasteiger partial charge in [0.2, 0.25) is 0 Å². The standard InChI is InChI=1S/C12H12BrClN2O4S4/c13-9-1-3-11(21-9)23(17,18)15-5-7-16(8-6-15)24(19,20)12-4-2-10(14)22-12/h1-4H,5-8H2. The summed E-state index contributed by atoms with van der Waals surface area (Å²) in [6, 6.07) is 6.22. The monoisotopic (exact) mass is 490 g/mol. The van der Waals surface area contributed by atoms with Crippen LogP contribution in [0.15, 0.2) is 36.5 Å². The maximum atomic E-state index is 12.6. The molecule has 0 N–H and O–H groups in total. The van der Waals surface area contributed by atoms with E-state index in [1.807, 2.05) is 0 Å². The van der Waals surface area contributed by atoms with E-state index in [4.69, 9.17) is 11.6 Å². The summed E-state index contributed by atoms with van der Waals surface area (Å²) in [5.41, 5.74) is 0. The molecule has 0 atom stereocenters. The number of rotatable bonds is 4. The maximum Gasteiger partial charge on any atom is 0.252 e. The first-order valence-corrected chi connectivity index (χ1v) is 12.4. The topological polar surface area (TPSA) is 74.8 Å². The van der Waals surface area contributed by atoms with E-state index in [0.717, 1.165) is 26.5 Å². The van der Waals surface area contributed by atoms with Gasteiger partial charge in [-0.15, -0.1) is 22.7 Å². The van der Waals surface area contributed by atoms with Crippen LogP contribution in [0.5, 0.6) is 0 Å². The summed E-state index contributed by atoms with van der Waals surface area (Å²) in [7, 11) is -7.22. The van der Waals surface area contributed by atoms with Crippen molar-refractivity contribution in [2.75, 3.05) is 26.2 Å². The third-order valence-electron chi connectivity index (χ3n) is 3.48. The van der Waals surface area contributed by atoms with Crippen LogP contribution in [0, 0.1) is 0 Å². The SMILES string of the molecule is O=S(=O)(c1ccc(Cl)s1)N1CCN(S(=O)(=O)c2ccc(Br)s2)CC1. The second-order valence-electron chi connectivity index (χ2n) is 4.93. The lowest BCUT2D eigenvalue weighted by Crippen LogP contribution is -2.50. The Bertz CT molecular complexity index is 867.